The minimum Gasteiger partial charge on any atom is -0.497 e. The van der Waals surface area contributed by atoms with Crippen LogP contribution in [0.15, 0.2) is 24.3 Å². The second kappa shape index (κ2) is 9.53. The third-order valence-electron chi connectivity index (χ3n) is 4.52. The largest absolute Gasteiger partial charge is 0.497 e. The topological polar surface area (TPSA) is 61.9 Å². The summed E-state index contributed by atoms with van der Waals surface area (Å²) in [5.41, 5.74) is 1.10. The SMILES string of the molecule is COc1ccc(CNC(=S)N(CCCN(C)C)[C@@H]2CCS(=O)(=O)C2)cc1. The van der Waals surface area contributed by atoms with Gasteiger partial charge >= 0.3 is 0 Å². The molecule has 0 aromatic heterocycles. The van der Waals surface area contributed by atoms with Gasteiger partial charge in [-0.05, 0) is 63.4 Å². The average Bonchev–Trinajstić information content (AvgIpc) is 2.96. The maximum Gasteiger partial charge on any atom is 0.169 e. The van der Waals surface area contributed by atoms with E-state index in [1.54, 1.807) is 7.11 Å². The van der Waals surface area contributed by atoms with E-state index >= 15 is 0 Å². The van der Waals surface area contributed by atoms with Gasteiger partial charge in [0.15, 0.2) is 14.9 Å². The van der Waals surface area contributed by atoms with Gasteiger partial charge in [0, 0.05) is 19.1 Å². The summed E-state index contributed by atoms with van der Waals surface area (Å²) in [7, 11) is 2.76. The second-order valence-electron chi connectivity index (χ2n) is 6.91. The van der Waals surface area contributed by atoms with Crippen molar-refractivity contribution >= 4 is 27.2 Å². The number of sulfone groups is 1. The molecule has 0 saturated carbocycles. The first-order valence-corrected chi connectivity index (χ1v) is 11.1. The van der Waals surface area contributed by atoms with Gasteiger partial charge in [0.05, 0.1) is 18.6 Å². The van der Waals surface area contributed by atoms with Crippen LogP contribution in [-0.4, -0.2) is 75.2 Å². The van der Waals surface area contributed by atoms with Crippen molar-refractivity contribution in [3.8, 4) is 5.75 Å². The Labute approximate surface area is 162 Å². The van der Waals surface area contributed by atoms with Gasteiger partial charge in [-0.15, -0.1) is 0 Å². The minimum atomic E-state index is -2.94. The van der Waals surface area contributed by atoms with Gasteiger partial charge in [-0.25, -0.2) is 8.42 Å². The molecule has 0 spiro atoms. The highest BCUT2D eigenvalue weighted by atomic mass is 32.2. The van der Waals surface area contributed by atoms with Crippen molar-refractivity contribution in [1.29, 1.82) is 0 Å². The van der Waals surface area contributed by atoms with Crippen LogP contribution in [0.2, 0.25) is 0 Å². The van der Waals surface area contributed by atoms with Gasteiger partial charge < -0.3 is 19.9 Å². The van der Waals surface area contributed by atoms with Crippen molar-refractivity contribution < 1.29 is 13.2 Å². The first kappa shape index (κ1) is 20.9. The summed E-state index contributed by atoms with van der Waals surface area (Å²) in [5, 5.41) is 3.91. The second-order valence-corrected chi connectivity index (χ2v) is 9.53. The fourth-order valence-electron chi connectivity index (χ4n) is 3.05. The molecule has 26 heavy (non-hydrogen) atoms. The van der Waals surface area contributed by atoms with E-state index in [-0.39, 0.29) is 17.5 Å². The Morgan fingerprint density at radius 2 is 1.96 bits per heavy atom. The number of ether oxygens (including phenoxy) is 1. The summed E-state index contributed by atoms with van der Waals surface area (Å²) in [6.07, 6.45) is 1.59. The summed E-state index contributed by atoms with van der Waals surface area (Å²) in [6, 6.07) is 7.78. The lowest BCUT2D eigenvalue weighted by Gasteiger charge is -2.31. The van der Waals surface area contributed by atoms with E-state index in [1.165, 1.54) is 0 Å². The van der Waals surface area contributed by atoms with Crippen LogP contribution in [0.1, 0.15) is 18.4 Å². The number of rotatable bonds is 8. The molecule has 1 fully saturated rings. The molecule has 1 N–H and O–H groups in total. The van der Waals surface area contributed by atoms with Gasteiger partial charge in [0.25, 0.3) is 0 Å². The van der Waals surface area contributed by atoms with Gasteiger partial charge in [-0.1, -0.05) is 12.1 Å². The van der Waals surface area contributed by atoms with Gasteiger partial charge in [0.1, 0.15) is 5.75 Å². The van der Waals surface area contributed by atoms with Crippen molar-refractivity contribution in [3.63, 3.8) is 0 Å². The highest BCUT2D eigenvalue weighted by Gasteiger charge is 2.33. The Balaban J connectivity index is 1.96. The number of methoxy groups -OCH3 is 1. The van der Waals surface area contributed by atoms with E-state index in [1.807, 2.05) is 38.4 Å². The van der Waals surface area contributed by atoms with Crippen LogP contribution in [0.25, 0.3) is 0 Å². The fourth-order valence-corrected chi connectivity index (χ4v) is 5.09. The third kappa shape index (κ3) is 6.41. The number of benzene rings is 1. The number of hydrogen-bond donors (Lipinski definition) is 1. The molecule has 0 amide bonds. The van der Waals surface area contributed by atoms with Crippen LogP contribution in [-0.2, 0) is 16.4 Å². The number of hydrogen-bond acceptors (Lipinski definition) is 5. The van der Waals surface area contributed by atoms with E-state index in [9.17, 15) is 8.42 Å². The molecule has 0 radical (unpaired) electrons. The van der Waals surface area contributed by atoms with Crippen LogP contribution in [0.5, 0.6) is 5.75 Å². The molecule has 0 unspecified atom stereocenters. The number of nitrogens with zero attached hydrogens (tertiary/aromatic N) is 2. The molecule has 6 nitrogen and oxygen atoms in total. The average molecular weight is 400 g/mol. The molecule has 1 aliphatic heterocycles. The van der Waals surface area contributed by atoms with Crippen LogP contribution in [0.4, 0.5) is 0 Å². The zero-order valence-corrected chi connectivity index (χ0v) is 17.4. The third-order valence-corrected chi connectivity index (χ3v) is 6.65. The standard InChI is InChI=1S/C18H29N3O3S2/c1-20(2)10-4-11-21(16-9-12-26(22,23)14-16)18(25)19-13-15-5-7-17(24-3)8-6-15/h5-8,16H,4,9-14H2,1-3H3,(H,19,25)/t16-/m1/s1. The predicted octanol–water partition coefficient (Wildman–Crippen LogP) is 1.51. The molecule has 0 aliphatic carbocycles. The minimum absolute atomic E-state index is 0.0296. The van der Waals surface area contributed by atoms with E-state index in [0.29, 0.717) is 18.1 Å². The molecular formula is C18H29N3O3S2. The van der Waals surface area contributed by atoms with E-state index < -0.39 is 9.84 Å². The van der Waals surface area contributed by atoms with Gasteiger partial charge in [-0.3, -0.25) is 0 Å². The zero-order valence-electron chi connectivity index (χ0n) is 15.8. The predicted molar refractivity (Wildman–Crippen MR) is 109 cm³/mol. The Bertz CT molecular complexity index is 690. The molecule has 1 heterocycles. The number of thiocarbonyl (C=S) groups is 1. The Kier molecular flexibility index (Phi) is 7.67. The monoisotopic (exact) mass is 399 g/mol. The Hall–Kier alpha value is -1.38. The molecule has 2 rings (SSSR count). The first-order chi connectivity index (χ1) is 12.3. The summed E-state index contributed by atoms with van der Waals surface area (Å²) < 4.78 is 28.9. The molecular weight excluding hydrogens is 370 g/mol. The van der Waals surface area contributed by atoms with E-state index in [0.717, 1.165) is 30.8 Å². The number of nitrogens with one attached hydrogen (secondary N) is 1. The van der Waals surface area contributed by atoms with Crippen LogP contribution in [0, 0.1) is 0 Å². The first-order valence-electron chi connectivity index (χ1n) is 8.83. The Morgan fingerprint density at radius 1 is 1.27 bits per heavy atom. The summed E-state index contributed by atoms with van der Waals surface area (Å²) >= 11 is 5.60. The van der Waals surface area contributed by atoms with Crippen LogP contribution >= 0.6 is 12.2 Å². The smallest absolute Gasteiger partial charge is 0.169 e. The molecule has 146 valence electrons. The molecule has 1 aromatic carbocycles. The maximum absolute atomic E-state index is 11.9. The van der Waals surface area contributed by atoms with Gasteiger partial charge in [-0.2, -0.15) is 0 Å². The van der Waals surface area contributed by atoms with Gasteiger partial charge in [0.2, 0.25) is 0 Å². The zero-order chi connectivity index (χ0) is 19.2. The van der Waals surface area contributed by atoms with E-state index in [4.69, 9.17) is 17.0 Å². The fraction of sp³-hybridized carbons (Fsp3) is 0.611. The van der Waals surface area contributed by atoms with Crippen molar-refractivity contribution in [2.24, 2.45) is 0 Å². The summed E-state index contributed by atoms with van der Waals surface area (Å²) in [6.45, 7) is 2.30. The lowest BCUT2D eigenvalue weighted by atomic mass is 10.2. The normalized spacial score (nSPS) is 18.7. The van der Waals surface area contributed by atoms with Crippen molar-refractivity contribution in [1.82, 2.24) is 15.1 Å². The maximum atomic E-state index is 11.9. The lowest BCUT2D eigenvalue weighted by molar-refractivity contribution is 0.300. The molecule has 0 bridgehead atoms. The highest BCUT2D eigenvalue weighted by molar-refractivity contribution is 7.91. The van der Waals surface area contributed by atoms with Crippen molar-refractivity contribution in [2.45, 2.75) is 25.4 Å². The quantitative estimate of drug-likeness (QED) is 0.665. The summed E-state index contributed by atoms with van der Waals surface area (Å²) in [5.74, 6) is 1.26. The Morgan fingerprint density at radius 3 is 2.50 bits per heavy atom. The van der Waals surface area contributed by atoms with Crippen LogP contribution in [0.3, 0.4) is 0 Å². The van der Waals surface area contributed by atoms with Crippen LogP contribution < -0.4 is 10.1 Å². The van der Waals surface area contributed by atoms with Crippen molar-refractivity contribution in [3.05, 3.63) is 29.8 Å². The molecule has 1 atom stereocenters. The highest BCUT2D eigenvalue weighted by Crippen LogP contribution is 2.19. The lowest BCUT2D eigenvalue weighted by Crippen LogP contribution is -2.47. The molecule has 8 heteroatoms. The van der Waals surface area contributed by atoms with E-state index in [2.05, 4.69) is 15.1 Å². The molecule has 1 saturated heterocycles. The van der Waals surface area contributed by atoms with Crippen molar-refractivity contribution in [2.75, 3.05) is 45.8 Å². The molecule has 1 aromatic rings. The summed E-state index contributed by atoms with van der Waals surface area (Å²) in [4.78, 5) is 4.18. The molecule has 1 aliphatic rings.